The van der Waals surface area contributed by atoms with Gasteiger partial charge in [0.1, 0.15) is 21.3 Å². The van der Waals surface area contributed by atoms with Gasteiger partial charge in [-0.1, -0.05) is 13.0 Å². The van der Waals surface area contributed by atoms with Crippen molar-refractivity contribution in [3.8, 4) is 6.07 Å². The number of rotatable bonds is 5. The number of aryl methyl sites for hydroxylation is 1. The Bertz CT molecular complexity index is 1250. The number of carbonyl (C=O) groups excluding carboxylic acids is 1. The molecular formula is C24H27N7OS. The number of aromatic nitrogens is 2. The lowest BCUT2D eigenvalue weighted by molar-refractivity contribution is 0.0956. The highest BCUT2D eigenvalue weighted by molar-refractivity contribution is 7.21. The Labute approximate surface area is 196 Å². The monoisotopic (exact) mass is 461 g/mol. The highest BCUT2D eigenvalue weighted by Gasteiger charge is 2.33. The van der Waals surface area contributed by atoms with Gasteiger partial charge in [-0.25, -0.2) is 9.97 Å². The smallest absolute Gasteiger partial charge is 0.263 e. The summed E-state index contributed by atoms with van der Waals surface area (Å²) in [4.78, 5) is 25.0. The third kappa shape index (κ3) is 4.12. The lowest BCUT2D eigenvalue weighted by Crippen LogP contribution is -2.51. The summed E-state index contributed by atoms with van der Waals surface area (Å²) in [7, 11) is 0. The van der Waals surface area contributed by atoms with Gasteiger partial charge in [-0.05, 0) is 43.4 Å². The normalized spacial score (nSPS) is 20.6. The van der Waals surface area contributed by atoms with Gasteiger partial charge in [0.05, 0.1) is 22.6 Å². The first-order valence-corrected chi connectivity index (χ1v) is 12.1. The number of nitrogens with two attached hydrogens (primary N) is 1. The van der Waals surface area contributed by atoms with Crippen molar-refractivity contribution >= 4 is 39.0 Å². The number of anilines is 2. The molecule has 4 N–H and O–H groups in total. The van der Waals surface area contributed by atoms with E-state index < -0.39 is 0 Å². The Morgan fingerprint density at radius 2 is 2.15 bits per heavy atom. The number of piperazine rings is 1. The Hall–Kier alpha value is -3.22. The minimum atomic E-state index is -0.227. The van der Waals surface area contributed by atoms with Crippen molar-refractivity contribution in [1.29, 1.82) is 5.26 Å². The molecule has 0 saturated carbocycles. The number of nitriles is 1. The van der Waals surface area contributed by atoms with E-state index in [-0.39, 0.29) is 11.8 Å². The van der Waals surface area contributed by atoms with E-state index in [9.17, 15) is 10.1 Å². The topological polar surface area (TPSA) is 120 Å². The molecule has 2 aliphatic rings. The van der Waals surface area contributed by atoms with Crippen molar-refractivity contribution in [3.05, 3.63) is 46.1 Å². The summed E-state index contributed by atoms with van der Waals surface area (Å²) < 4.78 is 0. The molecule has 2 aromatic heterocycles. The number of benzene rings is 1. The van der Waals surface area contributed by atoms with Crippen LogP contribution in [0.2, 0.25) is 0 Å². The Balaban J connectivity index is 1.28. The number of fused-ring (bicyclic) bond motifs is 3. The Kier molecular flexibility index (Phi) is 5.64. The van der Waals surface area contributed by atoms with Crippen LogP contribution in [-0.2, 0) is 0 Å². The molecule has 0 spiro atoms. The van der Waals surface area contributed by atoms with E-state index in [1.54, 1.807) is 6.20 Å². The number of hydrogen-bond donors (Lipinski definition) is 3. The maximum Gasteiger partial charge on any atom is 0.263 e. The first kappa shape index (κ1) is 21.6. The molecule has 2 fully saturated rings. The molecule has 2 bridgehead atoms. The summed E-state index contributed by atoms with van der Waals surface area (Å²) >= 11 is 1.26. The van der Waals surface area contributed by atoms with Crippen LogP contribution in [0.1, 0.15) is 52.2 Å². The molecule has 1 amide bonds. The van der Waals surface area contributed by atoms with Crippen LogP contribution < -0.4 is 21.3 Å². The molecule has 2 unspecified atom stereocenters. The fourth-order valence-corrected chi connectivity index (χ4v) is 5.82. The molecule has 33 heavy (non-hydrogen) atoms. The van der Waals surface area contributed by atoms with Gasteiger partial charge in [-0.3, -0.25) is 4.79 Å². The zero-order valence-corrected chi connectivity index (χ0v) is 19.6. The summed E-state index contributed by atoms with van der Waals surface area (Å²) in [5.41, 5.74) is 10.6. The maximum atomic E-state index is 12.8. The SMILES string of the molecule is Cc1cnc2c(N)c(C(=O)NC[C@H](C)c3ccc(N4CC5CCC(C4)N5)c(C#N)c3)sc2n1. The zero-order chi connectivity index (χ0) is 23.1. The standard InChI is InChI=1S/C24H27N7OS/c1-13(9-28-23(32)22-20(26)21-24(33-22)29-14(2)10-27-21)15-3-6-19(16(7-15)8-25)31-11-17-4-5-18(12-31)30-17/h3,6-7,10,13,17-18,30H,4-5,9,11-12,26H2,1-2H3,(H,28,32)/t13-,17?,18?/m0/s1. The second-order valence-corrected chi connectivity index (χ2v) is 10.1. The number of amides is 1. The van der Waals surface area contributed by atoms with Crippen molar-refractivity contribution in [3.63, 3.8) is 0 Å². The van der Waals surface area contributed by atoms with Crippen LogP contribution in [0, 0.1) is 18.3 Å². The lowest BCUT2D eigenvalue weighted by atomic mass is 9.97. The third-order valence-corrected chi connectivity index (χ3v) is 7.69. The lowest BCUT2D eigenvalue weighted by Gasteiger charge is -2.35. The minimum absolute atomic E-state index is 0.0448. The second kappa shape index (κ2) is 8.61. The molecule has 4 heterocycles. The van der Waals surface area contributed by atoms with Gasteiger partial charge in [-0.2, -0.15) is 5.26 Å². The van der Waals surface area contributed by atoms with Crippen LogP contribution in [-0.4, -0.2) is 47.6 Å². The van der Waals surface area contributed by atoms with Crippen LogP contribution in [0.3, 0.4) is 0 Å². The van der Waals surface area contributed by atoms with E-state index in [1.165, 1.54) is 24.2 Å². The predicted molar refractivity (Wildman–Crippen MR) is 131 cm³/mol. The van der Waals surface area contributed by atoms with Crippen molar-refractivity contribution in [2.24, 2.45) is 0 Å². The van der Waals surface area contributed by atoms with Gasteiger partial charge >= 0.3 is 0 Å². The first-order valence-electron chi connectivity index (χ1n) is 11.3. The Morgan fingerprint density at radius 3 is 2.88 bits per heavy atom. The molecule has 3 aromatic rings. The molecule has 2 saturated heterocycles. The van der Waals surface area contributed by atoms with Crippen LogP contribution in [0.15, 0.2) is 24.4 Å². The average Bonchev–Trinajstić information content (AvgIpc) is 3.34. The number of carbonyl (C=O) groups is 1. The molecule has 0 aliphatic carbocycles. The van der Waals surface area contributed by atoms with E-state index in [0.29, 0.717) is 45.1 Å². The van der Waals surface area contributed by atoms with Gasteiger partial charge in [0.25, 0.3) is 5.91 Å². The van der Waals surface area contributed by atoms with E-state index in [1.807, 2.05) is 19.9 Å². The fraction of sp³-hybridized carbons (Fsp3) is 0.417. The van der Waals surface area contributed by atoms with Crippen LogP contribution in [0.5, 0.6) is 0 Å². The first-order chi connectivity index (χ1) is 15.9. The van der Waals surface area contributed by atoms with E-state index >= 15 is 0 Å². The number of nitrogen functional groups attached to an aromatic ring is 1. The largest absolute Gasteiger partial charge is 0.396 e. The Morgan fingerprint density at radius 1 is 1.39 bits per heavy atom. The van der Waals surface area contributed by atoms with Crippen LogP contribution in [0.4, 0.5) is 11.4 Å². The highest BCUT2D eigenvalue weighted by atomic mass is 32.1. The number of nitrogens with one attached hydrogen (secondary N) is 2. The van der Waals surface area contributed by atoms with Gasteiger partial charge in [0.2, 0.25) is 0 Å². The van der Waals surface area contributed by atoms with Crippen LogP contribution >= 0.6 is 11.3 Å². The van der Waals surface area contributed by atoms with Crippen LogP contribution in [0.25, 0.3) is 10.3 Å². The fourth-order valence-electron chi connectivity index (χ4n) is 4.80. The second-order valence-electron chi connectivity index (χ2n) is 9.05. The van der Waals surface area contributed by atoms with Crippen molar-refractivity contribution < 1.29 is 4.79 Å². The molecule has 2 aliphatic heterocycles. The van der Waals surface area contributed by atoms with E-state index in [0.717, 1.165) is 30.0 Å². The number of nitrogens with zero attached hydrogens (tertiary/aromatic N) is 4. The summed E-state index contributed by atoms with van der Waals surface area (Å²) in [5, 5.41) is 16.4. The third-order valence-electron chi connectivity index (χ3n) is 6.60. The quantitative estimate of drug-likeness (QED) is 0.534. The summed E-state index contributed by atoms with van der Waals surface area (Å²) in [5.74, 6) is -0.182. The molecule has 1 aromatic carbocycles. The van der Waals surface area contributed by atoms with Gasteiger partial charge in [-0.15, -0.1) is 11.3 Å². The minimum Gasteiger partial charge on any atom is -0.396 e. The molecule has 9 heteroatoms. The molecule has 3 atom stereocenters. The van der Waals surface area contributed by atoms with E-state index in [4.69, 9.17) is 5.73 Å². The molecule has 5 rings (SSSR count). The molecular weight excluding hydrogens is 434 g/mol. The van der Waals surface area contributed by atoms with Gasteiger partial charge < -0.3 is 21.3 Å². The molecule has 0 radical (unpaired) electrons. The average molecular weight is 462 g/mol. The van der Waals surface area contributed by atoms with Crippen molar-refractivity contribution in [2.45, 2.75) is 44.7 Å². The number of thiophene rings is 1. The van der Waals surface area contributed by atoms with E-state index in [2.05, 4.69) is 43.7 Å². The summed E-state index contributed by atoms with van der Waals surface area (Å²) in [6, 6.07) is 9.49. The summed E-state index contributed by atoms with van der Waals surface area (Å²) in [6.45, 7) is 6.22. The van der Waals surface area contributed by atoms with Crippen molar-refractivity contribution in [2.75, 3.05) is 30.3 Å². The van der Waals surface area contributed by atoms with Crippen molar-refractivity contribution in [1.82, 2.24) is 20.6 Å². The van der Waals surface area contributed by atoms with Gasteiger partial charge in [0, 0.05) is 37.9 Å². The molecule has 170 valence electrons. The zero-order valence-electron chi connectivity index (χ0n) is 18.8. The maximum absolute atomic E-state index is 12.8. The summed E-state index contributed by atoms with van der Waals surface area (Å²) in [6.07, 6.45) is 4.05. The predicted octanol–water partition coefficient (Wildman–Crippen LogP) is 2.93. The molecule has 8 nitrogen and oxygen atoms in total. The highest BCUT2D eigenvalue weighted by Crippen LogP contribution is 2.32. The van der Waals surface area contributed by atoms with Gasteiger partial charge in [0.15, 0.2) is 0 Å². The number of hydrogen-bond acceptors (Lipinski definition) is 8.